The van der Waals surface area contributed by atoms with Gasteiger partial charge in [0.25, 0.3) is 11.8 Å². The Labute approximate surface area is 182 Å². The minimum absolute atomic E-state index is 0.208. The van der Waals surface area contributed by atoms with Crippen molar-refractivity contribution >= 4 is 23.9 Å². The van der Waals surface area contributed by atoms with E-state index in [-0.39, 0.29) is 13.1 Å². The molecule has 4 atom stereocenters. The number of fused-ring (bicyclic) bond motifs is 2. The summed E-state index contributed by atoms with van der Waals surface area (Å²) in [7, 11) is 0. The van der Waals surface area contributed by atoms with Gasteiger partial charge in [0.05, 0.1) is 0 Å². The maximum absolute atomic E-state index is 13.5. The molecular weight excluding hydrogens is 404 g/mol. The third kappa shape index (κ3) is 3.79. The van der Waals surface area contributed by atoms with Crippen LogP contribution in [0.25, 0.3) is 0 Å². The van der Waals surface area contributed by atoms with E-state index in [0.717, 1.165) is 9.80 Å². The molecule has 3 fully saturated rings. The van der Waals surface area contributed by atoms with Gasteiger partial charge in [-0.05, 0) is 25.7 Å². The second kappa shape index (κ2) is 9.49. The van der Waals surface area contributed by atoms with Gasteiger partial charge in [-0.25, -0.2) is 9.59 Å². The summed E-state index contributed by atoms with van der Waals surface area (Å²) < 4.78 is 0. The zero-order valence-electron chi connectivity index (χ0n) is 18.7. The van der Waals surface area contributed by atoms with Crippen molar-refractivity contribution in [2.45, 2.75) is 77.8 Å². The number of carbonyl (C=O) groups is 4. The number of rotatable bonds is 8. The first-order valence-corrected chi connectivity index (χ1v) is 11.3. The molecule has 3 aliphatic rings. The number of hydroxylamine groups is 2. The van der Waals surface area contributed by atoms with Gasteiger partial charge in [0.15, 0.2) is 0 Å². The number of urea groups is 2. The molecule has 0 aromatic heterocycles. The molecule has 4 unspecified atom stereocenters. The molecule has 0 spiro atoms. The lowest BCUT2D eigenvalue weighted by molar-refractivity contribution is -0.159. The number of nitrogens with zero attached hydrogens (tertiary/aromatic N) is 5. The van der Waals surface area contributed by atoms with Gasteiger partial charge in [-0.1, -0.05) is 27.7 Å². The molecule has 174 valence electrons. The van der Waals surface area contributed by atoms with Gasteiger partial charge in [-0.2, -0.15) is 0 Å². The van der Waals surface area contributed by atoms with Crippen LogP contribution >= 0.6 is 0 Å². The van der Waals surface area contributed by atoms with E-state index in [1.807, 2.05) is 27.7 Å². The molecule has 3 rings (SSSR count). The summed E-state index contributed by atoms with van der Waals surface area (Å²) in [5.74, 6) is -1.20. The van der Waals surface area contributed by atoms with Crippen molar-refractivity contribution in [2.24, 2.45) is 0 Å². The highest BCUT2D eigenvalue weighted by molar-refractivity contribution is 6.03. The van der Waals surface area contributed by atoms with Crippen molar-refractivity contribution in [3.63, 3.8) is 0 Å². The fourth-order valence-electron chi connectivity index (χ4n) is 4.68. The topological polar surface area (TPSA) is 120 Å². The minimum atomic E-state index is -1.24. The average molecular weight is 438 g/mol. The minimum Gasteiger partial charge on any atom is -0.784 e. The fraction of sp³-hybridized carbons (Fsp3) is 0.800. The standard InChI is InChI=1S/C20H33N6O5/c1-5-9-22-15-13(17(27)24(11-7-3)19(22)29)26(31)14-16(21-15)23(10-6-2)20(30)25(12-8-4)18(14)28/h13-16,21H,5-12H2,1-4H3/q-1. The molecule has 11 nitrogen and oxygen atoms in total. The summed E-state index contributed by atoms with van der Waals surface area (Å²) in [5.41, 5.74) is 0. The number of hydrogen-bond acceptors (Lipinski definition) is 7. The van der Waals surface area contributed by atoms with Crippen LogP contribution in [0, 0.1) is 5.21 Å². The third-order valence-electron chi connectivity index (χ3n) is 5.97. The van der Waals surface area contributed by atoms with Crippen molar-refractivity contribution in [1.82, 2.24) is 30.0 Å². The Morgan fingerprint density at radius 3 is 1.35 bits per heavy atom. The number of imide groups is 2. The highest BCUT2D eigenvalue weighted by Gasteiger charge is 2.57. The van der Waals surface area contributed by atoms with Gasteiger partial charge in [-0.3, -0.25) is 24.7 Å². The molecule has 31 heavy (non-hydrogen) atoms. The Kier molecular flexibility index (Phi) is 7.17. The summed E-state index contributed by atoms with van der Waals surface area (Å²) in [6.07, 6.45) is 0.607. The van der Waals surface area contributed by atoms with Crippen LogP contribution in [0.5, 0.6) is 0 Å². The van der Waals surface area contributed by atoms with Crippen LogP contribution in [0.15, 0.2) is 0 Å². The van der Waals surface area contributed by atoms with Gasteiger partial charge in [-0.15, -0.1) is 0 Å². The maximum atomic E-state index is 13.5. The molecule has 0 aromatic rings. The first kappa shape index (κ1) is 23.4. The lowest BCUT2D eigenvalue weighted by atomic mass is 9.96. The Morgan fingerprint density at radius 2 is 1.03 bits per heavy atom. The molecule has 0 aromatic carbocycles. The monoisotopic (exact) mass is 437 g/mol. The predicted octanol–water partition coefficient (Wildman–Crippen LogP) is 0.947. The van der Waals surface area contributed by atoms with Gasteiger partial charge in [0, 0.05) is 26.2 Å². The zero-order valence-corrected chi connectivity index (χ0v) is 18.7. The normalized spacial score (nSPS) is 29.6. The van der Waals surface area contributed by atoms with Crippen LogP contribution in [0.1, 0.15) is 53.4 Å². The van der Waals surface area contributed by atoms with Crippen LogP contribution in [-0.4, -0.2) is 99.1 Å². The zero-order chi connectivity index (χ0) is 22.9. The lowest BCUT2D eigenvalue weighted by Gasteiger charge is -2.61. The van der Waals surface area contributed by atoms with Crippen molar-refractivity contribution < 1.29 is 19.2 Å². The highest BCUT2D eigenvalue weighted by atomic mass is 16.5. The Hall–Kier alpha value is -2.24. The van der Waals surface area contributed by atoms with Crippen molar-refractivity contribution in [1.29, 1.82) is 0 Å². The molecule has 0 radical (unpaired) electrons. The number of carbonyl (C=O) groups excluding carboxylic acids is 4. The summed E-state index contributed by atoms with van der Waals surface area (Å²) >= 11 is 0. The predicted molar refractivity (Wildman–Crippen MR) is 112 cm³/mol. The maximum Gasteiger partial charge on any atom is 0.328 e. The first-order valence-electron chi connectivity index (χ1n) is 11.3. The summed E-state index contributed by atoms with van der Waals surface area (Å²) in [5, 5.41) is 17.2. The molecule has 6 amide bonds. The van der Waals surface area contributed by atoms with Crippen LogP contribution < -0.4 is 5.32 Å². The van der Waals surface area contributed by atoms with E-state index in [9.17, 15) is 24.4 Å². The van der Waals surface area contributed by atoms with Crippen LogP contribution in [0.3, 0.4) is 0 Å². The Bertz CT molecular complexity index is 675. The second-order valence-corrected chi connectivity index (χ2v) is 8.24. The SMILES string of the molecule is CCCN1C(=O)C2C(NC3C(C(=O)N(CCC)C(=O)N3CCC)N2[O-])N(CCC)C1=O. The molecule has 0 aliphatic carbocycles. The number of hydrogen-bond donors (Lipinski definition) is 1. The first-order chi connectivity index (χ1) is 14.8. The third-order valence-corrected chi connectivity index (χ3v) is 5.97. The number of amides is 6. The van der Waals surface area contributed by atoms with Crippen LogP contribution in [0.4, 0.5) is 9.59 Å². The van der Waals surface area contributed by atoms with Crippen molar-refractivity contribution in [2.75, 3.05) is 26.2 Å². The summed E-state index contributed by atoms with van der Waals surface area (Å²) in [6.45, 7) is 8.63. The average Bonchev–Trinajstić information content (AvgIpc) is 2.74. The molecule has 3 saturated heterocycles. The Morgan fingerprint density at radius 1 is 0.677 bits per heavy atom. The van der Waals surface area contributed by atoms with E-state index < -0.39 is 48.3 Å². The Balaban J connectivity index is 2.03. The van der Waals surface area contributed by atoms with Crippen LogP contribution in [-0.2, 0) is 9.59 Å². The van der Waals surface area contributed by atoms with Gasteiger partial charge in [0.1, 0.15) is 24.4 Å². The van der Waals surface area contributed by atoms with E-state index in [0.29, 0.717) is 43.8 Å². The van der Waals surface area contributed by atoms with Crippen molar-refractivity contribution in [3.8, 4) is 0 Å². The molecular formula is C20H33N6O5-. The second-order valence-electron chi connectivity index (χ2n) is 8.24. The molecule has 11 heteroatoms. The molecule has 1 N–H and O–H groups in total. The van der Waals surface area contributed by atoms with Gasteiger partial charge < -0.3 is 20.1 Å². The number of piperazine rings is 1. The van der Waals surface area contributed by atoms with E-state index in [4.69, 9.17) is 0 Å². The smallest absolute Gasteiger partial charge is 0.328 e. The number of nitrogens with one attached hydrogen (secondary N) is 1. The summed E-state index contributed by atoms with van der Waals surface area (Å²) in [6, 6.07) is -3.36. The largest absolute Gasteiger partial charge is 0.784 e. The molecule has 0 bridgehead atoms. The fourth-order valence-corrected chi connectivity index (χ4v) is 4.68. The van der Waals surface area contributed by atoms with E-state index >= 15 is 0 Å². The quantitative estimate of drug-likeness (QED) is 0.600. The van der Waals surface area contributed by atoms with E-state index in [1.54, 1.807) is 0 Å². The summed E-state index contributed by atoms with van der Waals surface area (Å²) in [4.78, 5) is 57.6. The highest BCUT2D eigenvalue weighted by Crippen LogP contribution is 2.32. The molecule has 3 heterocycles. The van der Waals surface area contributed by atoms with Crippen molar-refractivity contribution in [3.05, 3.63) is 5.21 Å². The van der Waals surface area contributed by atoms with Crippen LogP contribution in [0.2, 0.25) is 0 Å². The van der Waals surface area contributed by atoms with Gasteiger partial charge in [0.2, 0.25) is 0 Å². The van der Waals surface area contributed by atoms with Gasteiger partial charge >= 0.3 is 12.1 Å². The molecule has 3 aliphatic heterocycles. The van der Waals surface area contributed by atoms with E-state index in [2.05, 4.69) is 5.32 Å². The van der Waals surface area contributed by atoms with E-state index in [1.165, 1.54) is 9.80 Å². The lowest BCUT2D eigenvalue weighted by Crippen LogP contribution is -2.84. The molecule has 0 saturated carbocycles.